The van der Waals surface area contributed by atoms with Crippen LogP contribution in [0.4, 0.5) is 0 Å². The summed E-state index contributed by atoms with van der Waals surface area (Å²) in [5.74, 6) is 0. The number of rotatable bonds is 22. The van der Waals surface area contributed by atoms with Gasteiger partial charge in [-0.2, -0.15) is 0 Å². The van der Waals surface area contributed by atoms with Crippen LogP contribution in [-0.2, 0) is 27.4 Å². The van der Waals surface area contributed by atoms with Gasteiger partial charge in [0.05, 0.1) is 32.0 Å². The Morgan fingerprint density at radius 3 is 1.88 bits per heavy atom. The molecule has 5 nitrogen and oxygen atoms in total. The smallest absolute Gasteiger partial charge is 0.113 e. The standard InChI is InChI=1S/C36H57NO4/c1-3-5-7-9-11-19-25-37-27-34(40-26-20-12-10-8-6-4-2)36(41-29-32-23-17-14-18-24-32)35(38)33(37)30-39-28-31-21-15-13-16-22-31/h13-18,21-24,33-36,38H,3-12,19-20,25-30H2,1-2H3/t33-,34+,35-,36-/m1/s1. The Kier molecular flexibility index (Phi) is 17.3. The van der Waals surface area contributed by atoms with E-state index in [0.29, 0.717) is 19.8 Å². The fourth-order valence-electron chi connectivity index (χ4n) is 5.79. The highest BCUT2D eigenvalue weighted by atomic mass is 16.6. The van der Waals surface area contributed by atoms with Gasteiger partial charge in [0.15, 0.2) is 0 Å². The zero-order valence-corrected chi connectivity index (χ0v) is 25.9. The molecule has 0 unspecified atom stereocenters. The molecule has 1 aliphatic heterocycles. The summed E-state index contributed by atoms with van der Waals surface area (Å²) in [7, 11) is 0. The summed E-state index contributed by atoms with van der Waals surface area (Å²) < 4.78 is 19.2. The molecule has 2 aromatic rings. The quantitative estimate of drug-likeness (QED) is 0.146. The lowest BCUT2D eigenvalue weighted by Crippen LogP contribution is -2.64. The summed E-state index contributed by atoms with van der Waals surface area (Å²) in [6.45, 7) is 8.43. The molecule has 0 bridgehead atoms. The van der Waals surface area contributed by atoms with Crippen molar-refractivity contribution in [2.45, 2.75) is 128 Å². The Balaban J connectivity index is 1.64. The second-order valence-electron chi connectivity index (χ2n) is 11.8. The Labute approximate surface area is 250 Å². The molecular formula is C36H57NO4. The summed E-state index contributed by atoms with van der Waals surface area (Å²) in [6, 6.07) is 20.4. The monoisotopic (exact) mass is 567 g/mol. The Hall–Kier alpha value is -1.76. The van der Waals surface area contributed by atoms with Crippen molar-refractivity contribution in [3.8, 4) is 0 Å². The predicted molar refractivity (Wildman–Crippen MR) is 169 cm³/mol. The lowest BCUT2D eigenvalue weighted by Gasteiger charge is -2.47. The summed E-state index contributed by atoms with van der Waals surface area (Å²) in [6.07, 6.45) is 13.7. The maximum atomic E-state index is 11.8. The maximum absolute atomic E-state index is 11.8. The van der Waals surface area contributed by atoms with Crippen LogP contribution in [0.3, 0.4) is 0 Å². The van der Waals surface area contributed by atoms with Crippen molar-refractivity contribution in [2.24, 2.45) is 0 Å². The van der Waals surface area contributed by atoms with Gasteiger partial charge in [-0.25, -0.2) is 0 Å². The van der Waals surface area contributed by atoms with Crippen LogP contribution >= 0.6 is 0 Å². The average Bonchev–Trinajstić information content (AvgIpc) is 3.00. The van der Waals surface area contributed by atoms with Crippen molar-refractivity contribution in [1.29, 1.82) is 0 Å². The van der Waals surface area contributed by atoms with E-state index in [-0.39, 0.29) is 18.2 Å². The zero-order chi connectivity index (χ0) is 29.0. The van der Waals surface area contributed by atoms with E-state index in [4.69, 9.17) is 14.2 Å². The fourth-order valence-corrected chi connectivity index (χ4v) is 5.79. The first kappa shape index (κ1) is 33.7. The molecule has 2 aromatic carbocycles. The third kappa shape index (κ3) is 13.0. The SMILES string of the molecule is CCCCCCCCO[C@H]1CN(CCCCCCCC)[C@H](COCc2ccccc2)[C@@H](O)[C@@H]1OCc1ccccc1. The minimum Gasteiger partial charge on any atom is -0.389 e. The number of nitrogens with zero attached hydrogens (tertiary/aromatic N) is 1. The van der Waals surface area contributed by atoms with Crippen molar-refractivity contribution in [3.05, 3.63) is 71.8 Å². The van der Waals surface area contributed by atoms with E-state index >= 15 is 0 Å². The van der Waals surface area contributed by atoms with Gasteiger partial charge in [0.1, 0.15) is 12.2 Å². The normalized spacial score (nSPS) is 21.3. The molecule has 1 aliphatic rings. The molecule has 3 rings (SSSR count). The molecule has 0 saturated carbocycles. The molecule has 0 radical (unpaired) electrons. The largest absolute Gasteiger partial charge is 0.389 e. The number of hydrogen-bond donors (Lipinski definition) is 1. The highest BCUT2D eigenvalue weighted by molar-refractivity contribution is 5.14. The highest BCUT2D eigenvalue weighted by Crippen LogP contribution is 2.26. The molecule has 5 heteroatoms. The van der Waals surface area contributed by atoms with Gasteiger partial charge >= 0.3 is 0 Å². The van der Waals surface area contributed by atoms with Gasteiger partial charge in [-0.1, -0.05) is 139 Å². The Bertz CT molecular complexity index is 880. The number of aliphatic hydroxyl groups excluding tert-OH is 1. The minimum atomic E-state index is -0.683. The highest BCUT2D eigenvalue weighted by Gasteiger charge is 2.44. The number of unbranched alkanes of at least 4 members (excludes halogenated alkanes) is 10. The van der Waals surface area contributed by atoms with Gasteiger partial charge in [-0.05, 0) is 30.5 Å². The molecule has 4 atom stereocenters. The van der Waals surface area contributed by atoms with Crippen LogP contribution in [0.25, 0.3) is 0 Å². The van der Waals surface area contributed by atoms with Crippen molar-refractivity contribution >= 4 is 0 Å². The first-order valence-electron chi connectivity index (χ1n) is 16.5. The van der Waals surface area contributed by atoms with Gasteiger partial charge in [0.25, 0.3) is 0 Å². The second kappa shape index (κ2) is 21.0. The van der Waals surface area contributed by atoms with E-state index < -0.39 is 6.10 Å². The van der Waals surface area contributed by atoms with Crippen LogP contribution in [0.5, 0.6) is 0 Å². The van der Waals surface area contributed by atoms with Crippen molar-refractivity contribution < 1.29 is 19.3 Å². The number of benzene rings is 2. The minimum absolute atomic E-state index is 0.121. The molecule has 41 heavy (non-hydrogen) atoms. The first-order valence-corrected chi connectivity index (χ1v) is 16.5. The van der Waals surface area contributed by atoms with Crippen LogP contribution in [0.15, 0.2) is 60.7 Å². The Morgan fingerprint density at radius 2 is 1.24 bits per heavy atom. The van der Waals surface area contributed by atoms with E-state index in [1.54, 1.807) is 0 Å². The Morgan fingerprint density at radius 1 is 0.683 bits per heavy atom. The predicted octanol–water partition coefficient (Wildman–Crippen LogP) is 7.94. The summed E-state index contributed by atoms with van der Waals surface area (Å²) in [5.41, 5.74) is 2.26. The zero-order valence-electron chi connectivity index (χ0n) is 25.9. The number of hydrogen-bond acceptors (Lipinski definition) is 5. The molecule has 1 fully saturated rings. The van der Waals surface area contributed by atoms with E-state index in [1.165, 1.54) is 64.2 Å². The first-order chi connectivity index (χ1) is 20.2. The van der Waals surface area contributed by atoms with E-state index in [2.05, 4.69) is 43.0 Å². The van der Waals surface area contributed by atoms with Crippen LogP contribution in [0.1, 0.15) is 102 Å². The summed E-state index contributed by atoms with van der Waals surface area (Å²) in [5, 5.41) is 11.8. The summed E-state index contributed by atoms with van der Waals surface area (Å²) >= 11 is 0. The molecule has 1 heterocycles. The van der Waals surface area contributed by atoms with Gasteiger partial charge in [-0.15, -0.1) is 0 Å². The van der Waals surface area contributed by atoms with E-state index in [1.807, 2.05) is 36.4 Å². The molecule has 1 saturated heterocycles. The van der Waals surface area contributed by atoms with Gasteiger partial charge in [0, 0.05) is 13.2 Å². The van der Waals surface area contributed by atoms with Gasteiger partial charge < -0.3 is 19.3 Å². The van der Waals surface area contributed by atoms with Crippen LogP contribution in [0.2, 0.25) is 0 Å². The average molecular weight is 568 g/mol. The molecule has 0 spiro atoms. The van der Waals surface area contributed by atoms with Gasteiger partial charge in [0.2, 0.25) is 0 Å². The third-order valence-corrected chi connectivity index (χ3v) is 8.29. The van der Waals surface area contributed by atoms with Crippen molar-refractivity contribution in [2.75, 3.05) is 26.3 Å². The van der Waals surface area contributed by atoms with Crippen molar-refractivity contribution in [1.82, 2.24) is 4.90 Å². The molecule has 1 N–H and O–H groups in total. The topological polar surface area (TPSA) is 51.2 Å². The molecule has 0 aliphatic carbocycles. The molecule has 0 amide bonds. The maximum Gasteiger partial charge on any atom is 0.113 e. The number of likely N-dealkylation sites (tertiary alicyclic amines) is 1. The number of aliphatic hydroxyl groups is 1. The van der Waals surface area contributed by atoms with Crippen LogP contribution in [0, 0.1) is 0 Å². The van der Waals surface area contributed by atoms with Crippen LogP contribution < -0.4 is 0 Å². The second-order valence-corrected chi connectivity index (χ2v) is 11.8. The third-order valence-electron chi connectivity index (χ3n) is 8.29. The van der Waals surface area contributed by atoms with E-state index in [9.17, 15) is 5.11 Å². The van der Waals surface area contributed by atoms with E-state index in [0.717, 1.165) is 43.7 Å². The number of piperidine rings is 1. The van der Waals surface area contributed by atoms with Crippen LogP contribution in [-0.4, -0.2) is 60.7 Å². The molecular weight excluding hydrogens is 510 g/mol. The fraction of sp³-hybridized carbons (Fsp3) is 0.667. The lowest BCUT2D eigenvalue weighted by molar-refractivity contribution is -0.190. The van der Waals surface area contributed by atoms with Crippen molar-refractivity contribution in [3.63, 3.8) is 0 Å². The number of ether oxygens (including phenoxy) is 3. The molecule has 230 valence electrons. The summed E-state index contributed by atoms with van der Waals surface area (Å²) in [4.78, 5) is 2.42. The lowest BCUT2D eigenvalue weighted by atomic mass is 9.93. The molecule has 0 aromatic heterocycles. The van der Waals surface area contributed by atoms with Gasteiger partial charge in [-0.3, -0.25) is 4.90 Å².